The number of rotatable bonds is 7. The maximum absolute atomic E-state index is 12.1. The van der Waals surface area contributed by atoms with E-state index in [2.05, 4.69) is 34.6 Å². The Kier molecular flexibility index (Phi) is 6.47. The van der Waals surface area contributed by atoms with Gasteiger partial charge in [0.1, 0.15) is 0 Å². The van der Waals surface area contributed by atoms with Crippen LogP contribution in [0, 0.1) is 6.92 Å². The van der Waals surface area contributed by atoms with Crippen molar-refractivity contribution in [3.8, 4) is 0 Å². The standard InChI is InChI=1S/C20H22N4OS2/c1-14-7-4-5-8-16(14)13-27-20-23-22-19(24(20)3)15(2)21-18(25)11-10-17-9-6-12-26-17/h4-12,15H,13H2,1-3H3,(H,21,25). The lowest BCUT2D eigenvalue weighted by molar-refractivity contribution is -0.117. The lowest BCUT2D eigenvalue weighted by Crippen LogP contribution is -2.26. The number of aryl methyl sites for hydroxylation is 1. The number of nitrogens with one attached hydrogen (secondary N) is 1. The fourth-order valence-corrected chi connectivity index (χ4v) is 4.23. The van der Waals surface area contributed by atoms with Crippen molar-refractivity contribution in [1.82, 2.24) is 20.1 Å². The monoisotopic (exact) mass is 398 g/mol. The lowest BCUT2D eigenvalue weighted by atomic mass is 10.1. The van der Waals surface area contributed by atoms with Gasteiger partial charge in [0.2, 0.25) is 5.91 Å². The van der Waals surface area contributed by atoms with E-state index in [1.807, 2.05) is 54.3 Å². The maximum Gasteiger partial charge on any atom is 0.244 e. The Hall–Kier alpha value is -2.38. The van der Waals surface area contributed by atoms with Crippen molar-refractivity contribution in [2.45, 2.75) is 30.8 Å². The average Bonchev–Trinajstić information content (AvgIpc) is 3.29. The van der Waals surface area contributed by atoms with Gasteiger partial charge in [-0.05, 0) is 42.5 Å². The Balaban J connectivity index is 1.60. The Morgan fingerprint density at radius 3 is 2.85 bits per heavy atom. The second kappa shape index (κ2) is 9.01. The highest BCUT2D eigenvalue weighted by atomic mass is 32.2. The molecule has 0 spiro atoms. The molecule has 0 saturated heterocycles. The second-order valence-corrected chi connectivity index (χ2v) is 8.12. The van der Waals surface area contributed by atoms with Crippen LogP contribution in [0.1, 0.15) is 34.8 Å². The fraction of sp³-hybridized carbons (Fsp3) is 0.250. The summed E-state index contributed by atoms with van der Waals surface area (Å²) in [6.07, 6.45) is 3.36. The van der Waals surface area contributed by atoms with E-state index in [1.54, 1.807) is 29.2 Å². The van der Waals surface area contributed by atoms with E-state index in [4.69, 9.17) is 0 Å². The number of amides is 1. The summed E-state index contributed by atoms with van der Waals surface area (Å²) in [5.74, 6) is 1.43. The number of carbonyl (C=O) groups excluding carboxylic acids is 1. The van der Waals surface area contributed by atoms with Gasteiger partial charge in [-0.25, -0.2) is 0 Å². The summed E-state index contributed by atoms with van der Waals surface area (Å²) >= 11 is 3.24. The number of carbonyl (C=O) groups is 1. The highest BCUT2D eigenvalue weighted by Gasteiger charge is 2.17. The number of thioether (sulfide) groups is 1. The van der Waals surface area contributed by atoms with E-state index < -0.39 is 0 Å². The molecule has 2 aromatic heterocycles. The molecule has 1 amide bonds. The molecule has 3 aromatic rings. The molecule has 7 heteroatoms. The van der Waals surface area contributed by atoms with E-state index in [1.165, 1.54) is 11.1 Å². The Labute approximate surface area is 167 Å². The van der Waals surface area contributed by atoms with Crippen molar-refractivity contribution in [3.63, 3.8) is 0 Å². The first-order valence-corrected chi connectivity index (χ1v) is 10.5. The summed E-state index contributed by atoms with van der Waals surface area (Å²) in [5, 5.41) is 14.3. The zero-order valence-corrected chi connectivity index (χ0v) is 17.2. The molecule has 0 aliphatic heterocycles. The van der Waals surface area contributed by atoms with Gasteiger partial charge in [-0.3, -0.25) is 4.79 Å². The van der Waals surface area contributed by atoms with E-state index in [0.29, 0.717) is 0 Å². The van der Waals surface area contributed by atoms with Gasteiger partial charge in [0.25, 0.3) is 0 Å². The summed E-state index contributed by atoms with van der Waals surface area (Å²) in [5.41, 5.74) is 2.55. The van der Waals surface area contributed by atoms with Crippen molar-refractivity contribution < 1.29 is 4.79 Å². The van der Waals surface area contributed by atoms with Crippen LogP contribution in [0.2, 0.25) is 0 Å². The smallest absolute Gasteiger partial charge is 0.244 e. The van der Waals surface area contributed by atoms with Crippen LogP contribution in [0.15, 0.2) is 53.0 Å². The van der Waals surface area contributed by atoms with Crippen LogP contribution in [0.5, 0.6) is 0 Å². The molecule has 0 aliphatic carbocycles. The molecule has 1 N–H and O–H groups in total. The van der Waals surface area contributed by atoms with Crippen LogP contribution in [0.3, 0.4) is 0 Å². The van der Waals surface area contributed by atoms with Crippen molar-refractivity contribution >= 4 is 35.1 Å². The van der Waals surface area contributed by atoms with Gasteiger partial charge in [0, 0.05) is 23.8 Å². The first kappa shape index (κ1) is 19.4. The van der Waals surface area contributed by atoms with Gasteiger partial charge in [-0.15, -0.1) is 21.5 Å². The van der Waals surface area contributed by atoms with E-state index >= 15 is 0 Å². The second-order valence-electron chi connectivity index (χ2n) is 6.19. The predicted octanol–water partition coefficient (Wildman–Crippen LogP) is 4.37. The van der Waals surface area contributed by atoms with Crippen molar-refractivity contribution in [2.75, 3.05) is 0 Å². The molecule has 0 fully saturated rings. The molecule has 5 nitrogen and oxygen atoms in total. The number of aromatic nitrogens is 3. The minimum absolute atomic E-state index is 0.145. The van der Waals surface area contributed by atoms with Gasteiger partial charge >= 0.3 is 0 Å². The Morgan fingerprint density at radius 1 is 1.30 bits per heavy atom. The molecule has 0 aliphatic rings. The summed E-state index contributed by atoms with van der Waals surface area (Å²) < 4.78 is 1.94. The van der Waals surface area contributed by atoms with Gasteiger partial charge < -0.3 is 9.88 Å². The summed E-state index contributed by atoms with van der Waals surface area (Å²) in [4.78, 5) is 13.2. The van der Waals surface area contributed by atoms with Crippen molar-refractivity contribution in [3.05, 3.63) is 69.7 Å². The molecule has 1 aromatic carbocycles. The number of hydrogen-bond donors (Lipinski definition) is 1. The molecule has 0 saturated carbocycles. The maximum atomic E-state index is 12.1. The van der Waals surface area contributed by atoms with E-state index in [0.717, 1.165) is 21.6 Å². The molecular formula is C20H22N4OS2. The van der Waals surface area contributed by atoms with Crippen molar-refractivity contribution in [2.24, 2.45) is 7.05 Å². The van der Waals surface area contributed by atoms with Crippen LogP contribution in [0.4, 0.5) is 0 Å². The zero-order valence-electron chi connectivity index (χ0n) is 15.5. The number of nitrogens with zero attached hydrogens (tertiary/aromatic N) is 3. The first-order valence-electron chi connectivity index (χ1n) is 8.63. The highest BCUT2D eigenvalue weighted by molar-refractivity contribution is 7.98. The summed E-state index contributed by atoms with van der Waals surface area (Å²) in [6.45, 7) is 4.02. The molecular weight excluding hydrogens is 376 g/mol. The number of thiophene rings is 1. The minimum Gasteiger partial charge on any atom is -0.343 e. The molecule has 1 unspecified atom stereocenters. The van der Waals surface area contributed by atoms with Gasteiger partial charge in [0.05, 0.1) is 6.04 Å². The Bertz CT molecular complexity index is 931. The molecule has 2 heterocycles. The van der Waals surface area contributed by atoms with E-state index in [9.17, 15) is 4.79 Å². The van der Waals surface area contributed by atoms with Gasteiger partial charge in [-0.2, -0.15) is 0 Å². The number of hydrogen-bond acceptors (Lipinski definition) is 5. The molecule has 0 bridgehead atoms. The predicted molar refractivity (Wildman–Crippen MR) is 112 cm³/mol. The van der Waals surface area contributed by atoms with E-state index in [-0.39, 0.29) is 11.9 Å². The van der Waals surface area contributed by atoms with Crippen LogP contribution in [-0.4, -0.2) is 20.7 Å². The third kappa shape index (κ3) is 5.08. The average molecular weight is 399 g/mol. The quantitative estimate of drug-likeness (QED) is 0.474. The van der Waals surface area contributed by atoms with Crippen LogP contribution in [0.25, 0.3) is 6.08 Å². The third-order valence-electron chi connectivity index (χ3n) is 4.17. The molecule has 140 valence electrons. The molecule has 0 radical (unpaired) electrons. The third-order valence-corrected chi connectivity index (χ3v) is 6.08. The fourth-order valence-electron chi connectivity index (χ4n) is 2.61. The first-order chi connectivity index (χ1) is 13.0. The summed E-state index contributed by atoms with van der Waals surface area (Å²) in [7, 11) is 1.93. The SMILES string of the molecule is Cc1ccccc1CSc1nnc(C(C)NC(=O)C=Cc2cccs2)n1C. The van der Waals surface area contributed by atoms with Gasteiger partial charge in [0.15, 0.2) is 11.0 Å². The highest BCUT2D eigenvalue weighted by Crippen LogP contribution is 2.24. The zero-order chi connectivity index (χ0) is 19.2. The van der Waals surface area contributed by atoms with Crippen LogP contribution in [-0.2, 0) is 17.6 Å². The largest absolute Gasteiger partial charge is 0.343 e. The topological polar surface area (TPSA) is 59.8 Å². The number of benzene rings is 1. The molecule has 1 atom stereocenters. The lowest BCUT2D eigenvalue weighted by Gasteiger charge is -2.12. The Morgan fingerprint density at radius 2 is 2.11 bits per heavy atom. The van der Waals surface area contributed by atoms with Crippen LogP contribution < -0.4 is 5.32 Å². The molecule has 27 heavy (non-hydrogen) atoms. The summed E-state index contributed by atoms with van der Waals surface area (Å²) in [6, 6.07) is 12.0. The van der Waals surface area contributed by atoms with Gasteiger partial charge in [-0.1, -0.05) is 42.1 Å². The van der Waals surface area contributed by atoms with Crippen LogP contribution >= 0.6 is 23.1 Å². The minimum atomic E-state index is -0.226. The molecule has 3 rings (SSSR count). The van der Waals surface area contributed by atoms with Crippen molar-refractivity contribution in [1.29, 1.82) is 0 Å². The normalized spacial score (nSPS) is 12.4.